The smallest absolute Gasteiger partial charge is 0.384 e. The molecule has 0 aliphatic rings. The van der Waals surface area contributed by atoms with Crippen molar-refractivity contribution in [1.29, 1.82) is 0 Å². The molecule has 6 heteroatoms. The van der Waals surface area contributed by atoms with Crippen molar-refractivity contribution in [3.8, 4) is 0 Å². The summed E-state index contributed by atoms with van der Waals surface area (Å²) < 4.78 is 37.6. The average Bonchev–Trinajstić information content (AvgIpc) is 2.35. The molecule has 0 aliphatic heterocycles. The largest absolute Gasteiger partial charge is 0.405 e. The van der Waals surface area contributed by atoms with E-state index in [0.29, 0.717) is 18.7 Å². The zero-order valence-electron chi connectivity index (χ0n) is 11.3. The standard InChI is InChI=1S/C13H20F3N3/c1-3-5-18-11-7-12(9-17-8-11)19(6-4-2)10-13(14,15)16/h7-9,18H,3-6,10H2,1-2H3. The number of hydrogen-bond donors (Lipinski definition) is 1. The molecule has 0 saturated carbocycles. The van der Waals surface area contributed by atoms with Crippen molar-refractivity contribution < 1.29 is 13.2 Å². The van der Waals surface area contributed by atoms with Gasteiger partial charge in [0.15, 0.2) is 0 Å². The van der Waals surface area contributed by atoms with E-state index in [0.717, 1.165) is 18.7 Å². The number of alkyl halides is 3. The van der Waals surface area contributed by atoms with Crippen molar-refractivity contribution in [3.05, 3.63) is 18.5 Å². The first-order valence-corrected chi connectivity index (χ1v) is 6.47. The number of rotatable bonds is 7. The van der Waals surface area contributed by atoms with Gasteiger partial charge in [0.05, 0.1) is 23.8 Å². The molecule has 1 aromatic heterocycles. The van der Waals surface area contributed by atoms with Crippen molar-refractivity contribution in [2.75, 3.05) is 29.9 Å². The van der Waals surface area contributed by atoms with Gasteiger partial charge in [-0.3, -0.25) is 4.98 Å². The van der Waals surface area contributed by atoms with Crippen LogP contribution in [0.15, 0.2) is 18.5 Å². The molecular weight excluding hydrogens is 255 g/mol. The van der Waals surface area contributed by atoms with Gasteiger partial charge in [0.2, 0.25) is 0 Å². The van der Waals surface area contributed by atoms with Crippen molar-refractivity contribution in [1.82, 2.24) is 4.98 Å². The molecule has 0 bridgehead atoms. The van der Waals surface area contributed by atoms with Crippen LogP contribution in [-0.4, -0.2) is 30.8 Å². The van der Waals surface area contributed by atoms with Gasteiger partial charge in [-0.05, 0) is 18.9 Å². The lowest BCUT2D eigenvalue weighted by Crippen LogP contribution is -2.34. The summed E-state index contributed by atoms with van der Waals surface area (Å²) in [6, 6.07) is 1.71. The highest BCUT2D eigenvalue weighted by atomic mass is 19.4. The number of hydrogen-bond acceptors (Lipinski definition) is 3. The fourth-order valence-electron chi connectivity index (χ4n) is 1.75. The zero-order chi connectivity index (χ0) is 14.3. The first-order chi connectivity index (χ1) is 8.96. The van der Waals surface area contributed by atoms with E-state index in [-0.39, 0.29) is 0 Å². The summed E-state index contributed by atoms with van der Waals surface area (Å²) in [5.74, 6) is 0. The number of nitrogens with zero attached hydrogens (tertiary/aromatic N) is 2. The van der Waals surface area contributed by atoms with E-state index in [1.807, 2.05) is 13.8 Å². The first kappa shape index (κ1) is 15.6. The second kappa shape index (κ2) is 7.21. The van der Waals surface area contributed by atoms with E-state index in [9.17, 15) is 13.2 Å². The second-order valence-electron chi connectivity index (χ2n) is 4.40. The SMILES string of the molecule is CCCNc1cncc(N(CCC)CC(F)(F)F)c1. The van der Waals surface area contributed by atoms with Crippen LogP contribution < -0.4 is 10.2 Å². The van der Waals surface area contributed by atoms with E-state index in [2.05, 4.69) is 10.3 Å². The molecular formula is C13H20F3N3. The molecule has 0 aromatic carbocycles. The lowest BCUT2D eigenvalue weighted by molar-refractivity contribution is -0.119. The van der Waals surface area contributed by atoms with Gasteiger partial charge in [0, 0.05) is 13.1 Å². The Morgan fingerprint density at radius 1 is 1.21 bits per heavy atom. The van der Waals surface area contributed by atoms with E-state index < -0.39 is 12.7 Å². The van der Waals surface area contributed by atoms with Gasteiger partial charge in [-0.1, -0.05) is 13.8 Å². The van der Waals surface area contributed by atoms with Crippen molar-refractivity contribution in [3.63, 3.8) is 0 Å². The fourth-order valence-corrected chi connectivity index (χ4v) is 1.75. The summed E-state index contributed by atoms with van der Waals surface area (Å²) in [6.45, 7) is 4.07. The quantitative estimate of drug-likeness (QED) is 0.822. The van der Waals surface area contributed by atoms with Crippen LogP contribution in [0.3, 0.4) is 0 Å². The topological polar surface area (TPSA) is 28.2 Å². The van der Waals surface area contributed by atoms with Crippen LogP contribution in [0.1, 0.15) is 26.7 Å². The lowest BCUT2D eigenvalue weighted by atomic mass is 10.3. The van der Waals surface area contributed by atoms with Crippen LogP contribution in [-0.2, 0) is 0 Å². The van der Waals surface area contributed by atoms with Crippen LogP contribution in [0.2, 0.25) is 0 Å². The summed E-state index contributed by atoms with van der Waals surface area (Å²) in [5, 5.41) is 3.12. The van der Waals surface area contributed by atoms with Crippen LogP contribution in [0.25, 0.3) is 0 Å². The molecule has 19 heavy (non-hydrogen) atoms. The molecule has 0 radical (unpaired) electrons. The number of halogens is 3. The van der Waals surface area contributed by atoms with E-state index >= 15 is 0 Å². The van der Waals surface area contributed by atoms with Gasteiger partial charge in [0.1, 0.15) is 6.54 Å². The molecule has 1 rings (SSSR count). The number of aromatic nitrogens is 1. The van der Waals surface area contributed by atoms with Gasteiger partial charge in [-0.2, -0.15) is 13.2 Å². The Labute approximate surface area is 111 Å². The first-order valence-electron chi connectivity index (χ1n) is 6.47. The maximum atomic E-state index is 12.5. The normalized spacial score (nSPS) is 11.4. The van der Waals surface area contributed by atoms with Gasteiger partial charge in [0.25, 0.3) is 0 Å². The Kier molecular flexibility index (Phi) is 5.92. The molecule has 0 aliphatic carbocycles. The molecule has 0 saturated heterocycles. The Morgan fingerprint density at radius 2 is 1.95 bits per heavy atom. The second-order valence-corrected chi connectivity index (χ2v) is 4.40. The molecule has 0 atom stereocenters. The minimum atomic E-state index is -4.21. The Hall–Kier alpha value is -1.46. The third-order valence-corrected chi connectivity index (χ3v) is 2.53. The molecule has 0 spiro atoms. The third-order valence-electron chi connectivity index (χ3n) is 2.53. The van der Waals surface area contributed by atoms with Gasteiger partial charge >= 0.3 is 6.18 Å². The summed E-state index contributed by atoms with van der Waals surface area (Å²) >= 11 is 0. The number of anilines is 2. The van der Waals surface area contributed by atoms with Gasteiger partial charge < -0.3 is 10.2 Å². The van der Waals surface area contributed by atoms with Gasteiger partial charge in [-0.15, -0.1) is 0 Å². The van der Waals surface area contributed by atoms with Crippen LogP contribution in [0.4, 0.5) is 24.5 Å². The molecule has 0 fully saturated rings. The van der Waals surface area contributed by atoms with Crippen molar-refractivity contribution in [2.45, 2.75) is 32.9 Å². The third kappa shape index (κ3) is 5.81. The van der Waals surface area contributed by atoms with Crippen LogP contribution >= 0.6 is 0 Å². The van der Waals surface area contributed by atoms with Crippen molar-refractivity contribution >= 4 is 11.4 Å². The fraction of sp³-hybridized carbons (Fsp3) is 0.615. The molecule has 3 nitrogen and oxygen atoms in total. The average molecular weight is 275 g/mol. The number of pyridine rings is 1. The molecule has 108 valence electrons. The molecule has 1 aromatic rings. The summed E-state index contributed by atoms with van der Waals surface area (Å²) in [6.07, 6.45) is 0.492. The monoisotopic (exact) mass is 275 g/mol. The molecule has 1 N–H and O–H groups in total. The van der Waals surface area contributed by atoms with E-state index in [1.165, 1.54) is 11.1 Å². The molecule has 0 amide bonds. The highest BCUT2D eigenvalue weighted by molar-refractivity contribution is 5.55. The minimum absolute atomic E-state index is 0.360. The summed E-state index contributed by atoms with van der Waals surface area (Å²) in [7, 11) is 0. The van der Waals surface area contributed by atoms with E-state index in [1.54, 1.807) is 12.3 Å². The van der Waals surface area contributed by atoms with Crippen molar-refractivity contribution in [2.24, 2.45) is 0 Å². The van der Waals surface area contributed by atoms with Crippen LogP contribution in [0.5, 0.6) is 0 Å². The maximum Gasteiger partial charge on any atom is 0.405 e. The van der Waals surface area contributed by atoms with Crippen LogP contribution in [0, 0.1) is 0 Å². The highest BCUT2D eigenvalue weighted by Gasteiger charge is 2.30. The lowest BCUT2D eigenvalue weighted by Gasteiger charge is -2.25. The Bertz CT molecular complexity index is 380. The Balaban J connectivity index is 2.83. The maximum absolute atomic E-state index is 12.5. The summed E-state index contributed by atoms with van der Waals surface area (Å²) in [4.78, 5) is 5.31. The molecule has 1 heterocycles. The minimum Gasteiger partial charge on any atom is -0.384 e. The number of nitrogens with one attached hydrogen (secondary N) is 1. The zero-order valence-corrected chi connectivity index (χ0v) is 11.3. The van der Waals surface area contributed by atoms with Gasteiger partial charge in [-0.25, -0.2) is 0 Å². The highest BCUT2D eigenvalue weighted by Crippen LogP contribution is 2.23. The Morgan fingerprint density at radius 3 is 2.53 bits per heavy atom. The van der Waals surface area contributed by atoms with E-state index in [4.69, 9.17) is 0 Å². The summed E-state index contributed by atoms with van der Waals surface area (Å²) in [5.41, 5.74) is 1.25. The molecule has 0 unspecified atom stereocenters. The predicted octanol–water partition coefficient (Wildman–Crippen LogP) is 3.68. The predicted molar refractivity (Wildman–Crippen MR) is 71.6 cm³/mol.